The molecule has 1 amide bonds. The van der Waals surface area contributed by atoms with Gasteiger partial charge in [-0.2, -0.15) is 0 Å². The topological polar surface area (TPSA) is 62.2 Å². The molecule has 1 aliphatic rings. The van der Waals surface area contributed by atoms with E-state index in [1.807, 2.05) is 59.5 Å². The normalized spacial score (nSPS) is 14.1. The van der Waals surface area contributed by atoms with Crippen molar-refractivity contribution in [2.24, 2.45) is 0 Å². The quantitative estimate of drug-likeness (QED) is 0.688. The Morgan fingerprint density at radius 3 is 2.39 bits per heavy atom. The first-order valence-corrected chi connectivity index (χ1v) is 9.61. The van der Waals surface area contributed by atoms with Gasteiger partial charge >= 0.3 is 0 Å². The third-order valence-corrected chi connectivity index (χ3v) is 4.95. The van der Waals surface area contributed by atoms with Crippen molar-refractivity contribution in [3.05, 3.63) is 72.7 Å². The molecule has 6 heteroatoms. The SMILES string of the molecule is O=C(CCc1ccccn1)N1CCN(c2ccnc(-c3ccccc3)n2)CC1. The number of aromatic nitrogens is 3. The van der Waals surface area contributed by atoms with Crippen LogP contribution in [0.15, 0.2) is 67.0 Å². The van der Waals surface area contributed by atoms with Gasteiger partial charge in [-0.05, 0) is 24.6 Å². The fourth-order valence-corrected chi connectivity index (χ4v) is 3.38. The molecule has 0 bridgehead atoms. The van der Waals surface area contributed by atoms with Crippen LogP contribution in [0.3, 0.4) is 0 Å². The number of rotatable bonds is 5. The van der Waals surface area contributed by atoms with Crippen molar-refractivity contribution in [2.45, 2.75) is 12.8 Å². The zero-order valence-corrected chi connectivity index (χ0v) is 15.7. The molecular formula is C22H23N5O. The molecular weight excluding hydrogens is 350 g/mol. The van der Waals surface area contributed by atoms with Crippen molar-refractivity contribution in [1.29, 1.82) is 0 Å². The van der Waals surface area contributed by atoms with Gasteiger partial charge in [0.2, 0.25) is 5.91 Å². The molecule has 4 rings (SSSR count). The van der Waals surface area contributed by atoms with Gasteiger partial charge in [0.05, 0.1) is 0 Å². The fourth-order valence-electron chi connectivity index (χ4n) is 3.38. The predicted molar refractivity (Wildman–Crippen MR) is 109 cm³/mol. The van der Waals surface area contributed by atoms with Gasteiger partial charge in [-0.3, -0.25) is 9.78 Å². The van der Waals surface area contributed by atoms with Gasteiger partial charge in [0.1, 0.15) is 5.82 Å². The summed E-state index contributed by atoms with van der Waals surface area (Å²) in [5, 5.41) is 0. The summed E-state index contributed by atoms with van der Waals surface area (Å²) in [5.74, 6) is 1.83. The van der Waals surface area contributed by atoms with Gasteiger partial charge in [-0.1, -0.05) is 36.4 Å². The Hall–Kier alpha value is -3.28. The van der Waals surface area contributed by atoms with Crippen molar-refractivity contribution in [3.8, 4) is 11.4 Å². The van der Waals surface area contributed by atoms with Crippen LogP contribution in [0, 0.1) is 0 Å². The number of hydrogen-bond donors (Lipinski definition) is 0. The van der Waals surface area contributed by atoms with Crippen LogP contribution < -0.4 is 4.90 Å². The van der Waals surface area contributed by atoms with Crippen LogP contribution in [0.4, 0.5) is 5.82 Å². The Morgan fingerprint density at radius 1 is 0.857 bits per heavy atom. The van der Waals surface area contributed by atoms with Gasteiger partial charge in [0.25, 0.3) is 0 Å². The van der Waals surface area contributed by atoms with Crippen molar-refractivity contribution < 1.29 is 4.79 Å². The van der Waals surface area contributed by atoms with Crippen molar-refractivity contribution in [2.75, 3.05) is 31.1 Å². The van der Waals surface area contributed by atoms with E-state index in [1.165, 1.54) is 0 Å². The number of aryl methyl sites for hydroxylation is 1. The lowest BCUT2D eigenvalue weighted by molar-refractivity contribution is -0.131. The summed E-state index contributed by atoms with van der Waals surface area (Å²) in [4.78, 5) is 30.1. The molecule has 1 aromatic carbocycles. The average Bonchev–Trinajstić information content (AvgIpc) is 2.79. The van der Waals surface area contributed by atoms with E-state index < -0.39 is 0 Å². The summed E-state index contributed by atoms with van der Waals surface area (Å²) in [6.07, 6.45) is 4.76. The summed E-state index contributed by atoms with van der Waals surface area (Å²) >= 11 is 0. The maximum Gasteiger partial charge on any atom is 0.223 e. The first-order valence-electron chi connectivity index (χ1n) is 9.61. The molecule has 3 heterocycles. The van der Waals surface area contributed by atoms with Crippen LogP contribution in [0.25, 0.3) is 11.4 Å². The minimum Gasteiger partial charge on any atom is -0.353 e. The van der Waals surface area contributed by atoms with E-state index in [0.29, 0.717) is 25.9 Å². The van der Waals surface area contributed by atoms with Gasteiger partial charge in [0.15, 0.2) is 5.82 Å². The predicted octanol–water partition coefficient (Wildman–Crippen LogP) is 2.82. The highest BCUT2D eigenvalue weighted by atomic mass is 16.2. The van der Waals surface area contributed by atoms with Crippen LogP contribution in [-0.2, 0) is 11.2 Å². The highest BCUT2D eigenvalue weighted by Gasteiger charge is 2.22. The van der Waals surface area contributed by atoms with Crippen LogP contribution in [0.1, 0.15) is 12.1 Å². The first-order chi connectivity index (χ1) is 13.8. The Bertz CT molecular complexity index is 908. The van der Waals surface area contributed by atoms with Crippen LogP contribution in [-0.4, -0.2) is 51.9 Å². The molecule has 1 aliphatic heterocycles. The summed E-state index contributed by atoms with van der Waals surface area (Å²) in [6, 6.07) is 17.7. The van der Waals surface area contributed by atoms with Crippen LogP contribution >= 0.6 is 0 Å². The molecule has 0 N–H and O–H groups in total. The van der Waals surface area contributed by atoms with E-state index in [2.05, 4.69) is 14.9 Å². The molecule has 1 fully saturated rings. The van der Waals surface area contributed by atoms with Crippen molar-refractivity contribution >= 4 is 11.7 Å². The van der Waals surface area contributed by atoms with Crippen LogP contribution in [0.5, 0.6) is 0 Å². The molecule has 0 radical (unpaired) electrons. The van der Waals surface area contributed by atoms with E-state index in [1.54, 1.807) is 12.4 Å². The second-order valence-corrected chi connectivity index (χ2v) is 6.79. The number of amides is 1. The minimum absolute atomic E-state index is 0.193. The molecule has 0 saturated carbocycles. The number of nitrogens with zero attached hydrogens (tertiary/aromatic N) is 5. The molecule has 0 spiro atoms. The maximum atomic E-state index is 12.5. The highest BCUT2D eigenvalue weighted by Crippen LogP contribution is 2.19. The van der Waals surface area contributed by atoms with Crippen LogP contribution in [0.2, 0.25) is 0 Å². The summed E-state index contributed by atoms with van der Waals surface area (Å²) in [6.45, 7) is 2.98. The number of anilines is 1. The van der Waals surface area contributed by atoms with Gasteiger partial charge in [0, 0.05) is 56.3 Å². The monoisotopic (exact) mass is 373 g/mol. The number of carbonyl (C=O) groups is 1. The first kappa shape index (κ1) is 18.1. The van der Waals surface area contributed by atoms with E-state index in [4.69, 9.17) is 4.98 Å². The molecule has 2 aromatic heterocycles. The molecule has 6 nitrogen and oxygen atoms in total. The highest BCUT2D eigenvalue weighted by molar-refractivity contribution is 5.76. The largest absolute Gasteiger partial charge is 0.353 e. The molecule has 0 aliphatic carbocycles. The van der Waals surface area contributed by atoms with E-state index in [0.717, 1.165) is 36.0 Å². The summed E-state index contributed by atoms with van der Waals surface area (Å²) < 4.78 is 0. The number of piperazine rings is 1. The summed E-state index contributed by atoms with van der Waals surface area (Å²) in [5.41, 5.74) is 1.97. The smallest absolute Gasteiger partial charge is 0.223 e. The lowest BCUT2D eigenvalue weighted by atomic mass is 10.2. The molecule has 142 valence electrons. The van der Waals surface area contributed by atoms with Gasteiger partial charge < -0.3 is 9.80 Å². The third kappa shape index (κ3) is 4.34. The van der Waals surface area contributed by atoms with Crippen molar-refractivity contribution in [3.63, 3.8) is 0 Å². The van der Waals surface area contributed by atoms with Gasteiger partial charge in [-0.15, -0.1) is 0 Å². The Kier molecular flexibility index (Phi) is 5.56. The van der Waals surface area contributed by atoms with Gasteiger partial charge in [-0.25, -0.2) is 9.97 Å². The standard InChI is InChI=1S/C22H23N5O/c28-21(10-9-19-8-4-5-12-23-19)27-16-14-26(15-17-27)20-11-13-24-22(25-20)18-6-2-1-3-7-18/h1-8,11-13H,9-10,14-17H2. The number of pyridine rings is 1. The van der Waals surface area contributed by atoms with Crippen molar-refractivity contribution in [1.82, 2.24) is 19.9 Å². The summed E-state index contributed by atoms with van der Waals surface area (Å²) in [7, 11) is 0. The fraction of sp³-hybridized carbons (Fsp3) is 0.273. The van der Waals surface area contributed by atoms with E-state index >= 15 is 0 Å². The number of carbonyl (C=O) groups excluding carboxylic acids is 1. The van der Waals surface area contributed by atoms with E-state index in [-0.39, 0.29) is 5.91 Å². The molecule has 0 unspecified atom stereocenters. The van der Waals surface area contributed by atoms with E-state index in [9.17, 15) is 4.79 Å². The molecule has 3 aromatic rings. The second kappa shape index (κ2) is 8.61. The lowest BCUT2D eigenvalue weighted by Crippen LogP contribution is -2.49. The Morgan fingerprint density at radius 2 is 1.64 bits per heavy atom. The number of hydrogen-bond acceptors (Lipinski definition) is 5. The minimum atomic E-state index is 0.193. The zero-order valence-electron chi connectivity index (χ0n) is 15.7. The average molecular weight is 373 g/mol. The zero-order chi connectivity index (χ0) is 19.2. The Balaban J connectivity index is 1.33. The molecule has 28 heavy (non-hydrogen) atoms. The molecule has 1 saturated heterocycles. The maximum absolute atomic E-state index is 12.5. The third-order valence-electron chi connectivity index (χ3n) is 4.95. The number of benzene rings is 1. The second-order valence-electron chi connectivity index (χ2n) is 6.79. The molecule has 0 atom stereocenters. The lowest BCUT2D eigenvalue weighted by Gasteiger charge is -2.35. The Labute approximate surface area is 164 Å².